The number of rotatable bonds is 3. The van der Waals surface area contributed by atoms with Gasteiger partial charge in [0.1, 0.15) is 18.1 Å². The van der Waals surface area contributed by atoms with Gasteiger partial charge in [0.05, 0.1) is 6.21 Å². The molecule has 2 aromatic rings. The number of hydrogen-bond donors (Lipinski definition) is 1. The summed E-state index contributed by atoms with van der Waals surface area (Å²) < 4.78 is 16.3. The summed E-state index contributed by atoms with van der Waals surface area (Å²) in [6, 6.07) is 10.8. The van der Waals surface area contributed by atoms with Crippen LogP contribution >= 0.6 is 0 Å². The van der Waals surface area contributed by atoms with Crippen LogP contribution in [0.2, 0.25) is 0 Å². The predicted molar refractivity (Wildman–Crippen MR) is 75.5 cm³/mol. The molecule has 0 saturated carbocycles. The van der Waals surface area contributed by atoms with Gasteiger partial charge in [0, 0.05) is 0 Å². The summed E-state index contributed by atoms with van der Waals surface area (Å²) >= 11 is 0. The summed E-state index contributed by atoms with van der Waals surface area (Å²) in [5.41, 5.74) is 2.41. The maximum absolute atomic E-state index is 11.9. The van der Waals surface area contributed by atoms with Crippen molar-refractivity contribution in [3.63, 3.8) is 0 Å². The topological polar surface area (TPSA) is 73.1 Å². The van der Waals surface area contributed by atoms with Crippen LogP contribution in [-0.2, 0) is 4.79 Å². The van der Waals surface area contributed by atoms with E-state index in [0.29, 0.717) is 17.3 Å². The first-order chi connectivity index (χ1) is 10.2. The van der Waals surface area contributed by atoms with Gasteiger partial charge in [-0.1, -0.05) is 12.1 Å². The lowest BCUT2D eigenvalue weighted by Gasteiger charge is -2.24. The largest absolute Gasteiger partial charge is 0.485 e. The van der Waals surface area contributed by atoms with E-state index in [1.54, 1.807) is 18.2 Å². The monoisotopic (exact) mass is 286 g/mol. The van der Waals surface area contributed by atoms with Gasteiger partial charge in [0.15, 0.2) is 11.5 Å². The second-order valence-corrected chi connectivity index (χ2v) is 4.55. The zero-order valence-corrected chi connectivity index (χ0v) is 11.4. The summed E-state index contributed by atoms with van der Waals surface area (Å²) in [4.78, 5) is 11.9. The van der Waals surface area contributed by atoms with Crippen LogP contribution in [0.5, 0.6) is 11.5 Å². The number of benzene rings is 1. The Morgan fingerprint density at radius 1 is 1.29 bits per heavy atom. The molecular formula is C15H14N2O4. The van der Waals surface area contributed by atoms with Gasteiger partial charge in [-0.05, 0) is 31.2 Å². The smallest absolute Gasteiger partial charge is 0.284 e. The number of amides is 1. The summed E-state index contributed by atoms with van der Waals surface area (Å²) in [5, 5.41) is 3.83. The Labute approximate surface area is 121 Å². The van der Waals surface area contributed by atoms with E-state index in [1.165, 1.54) is 6.21 Å². The van der Waals surface area contributed by atoms with Crippen molar-refractivity contribution in [1.29, 1.82) is 0 Å². The van der Waals surface area contributed by atoms with Crippen molar-refractivity contribution in [2.24, 2.45) is 5.10 Å². The normalized spacial score (nSPS) is 16.9. The van der Waals surface area contributed by atoms with E-state index >= 15 is 0 Å². The summed E-state index contributed by atoms with van der Waals surface area (Å²) in [5.74, 6) is 2.16. The Balaban J connectivity index is 1.58. The van der Waals surface area contributed by atoms with Crippen LogP contribution in [0.25, 0.3) is 0 Å². The average molecular weight is 286 g/mol. The summed E-state index contributed by atoms with van der Waals surface area (Å²) in [7, 11) is 0. The van der Waals surface area contributed by atoms with Crippen LogP contribution in [0.15, 0.2) is 45.9 Å². The third-order valence-electron chi connectivity index (χ3n) is 2.93. The second-order valence-electron chi connectivity index (χ2n) is 4.55. The van der Waals surface area contributed by atoms with Crippen molar-refractivity contribution in [2.45, 2.75) is 13.0 Å². The van der Waals surface area contributed by atoms with E-state index in [9.17, 15) is 4.79 Å². The van der Waals surface area contributed by atoms with E-state index in [1.807, 2.05) is 25.1 Å². The van der Waals surface area contributed by atoms with E-state index < -0.39 is 6.10 Å². The molecule has 1 amide bonds. The molecule has 1 aliphatic rings. The van der Waals surface area contributed by atoms with Crippen LogP contribution in [0.1, 0.15) is 11.5 Å². The maximum atomic E-state index is 11.9. The molecule has 1 aliphatic heterocycles. The zero-order valence-electron chi connectivity index (χ0n) is 11.4. The SMILES string of the molecule is Cc1ccc(/C=N/NC(=O)[C@H]2COc3ccccc3O2)o1. The number of nitrogens with zero attached hydrogens (tertiary/aromatic N) is 1. The molecule has 0 saturated heterocycles. The number of ether oxygens (including phenoxy) is 2. The number of aryl methyl sites for hydroxylation is 1. The number of nitrogens with one attached hydrogen (secondary N) is 1. The number of hydrazone groups is 1. The third-order valence-corrected chi connectivity index (χ3v) is 2.93. The Kier molecular flexibility index (Phi) is 3.59. The van der Waals surface area contributed by atoms with E-state index in [-0.39, 0.29) is 12.5 Å². The van der Waals surface area contributed by atoms with Gasteiger partial charge in [-0.2, -0.15) is 5.10 Å². The highest BCUT2D eigenvalue weighted by Gasteiger charge is 2.26. The van der Waals surface area contributed by atoms with E-state index in [0.717, 1.165) is 5.76 Å². The molecule has 0 unspecified atom stereocenters. The summed E-state index contributed by atoms with van der Waals surface area (Å²) in [6.45, 7) is 1.98. The Bertz CT molecular complexity index is 678. The van der Waals surface area contributed by atoms with E-state index in [4.69, 9.17) is 13.9 Å². The highest BCUT2D eigenvalue weighted by molar-refractivity contribution is 5.83. The number of carbonyl (C=O) groups excluding carboxylic acids is 1. The second kappa shape index (κ2) is 5.70. The van der Waals surface area contributed by atoms with Crippen LogP contribution in [-0.4, -0.2) is 24.8 Å². The van der Waals surface area contributed by atoms with Crippen molar-refractivity contribution in [2.75, 3.05) is 6.61 Å². The molecule has 1 aromatic heterocycles. The fraction of sp³-hybridized carbons (Fsp3) is 0.200. The van der Waals surface area contributed by atoms with E-state index in [2.05, 4.69) is 10.5 Å². The molecule has 21 heavy (non-hydrogen) atoms. The van der Waals surface area contributed by atoms with Crippen LogP contribution in [0.3, 0.4) is 0 Å². The fourth-order valence-electron chi connectivity index (χ4n) is 1.90. The minimum absolute atomic E-state index is 0.151. The molecule has 0 spiro atoms. The van der Waals surface area contributed by atoms with Gasteiger partial charge in [0.25, 0.3) is 5.91 Å². The lowest BCUT2D eigenvalue weighted by molar-refractivity contribution is -0.130. The number of furan rings is 1. The van der Waals surface area contributed by atoms with Crippen molar-refractivity contribution < 1.29 is 18.7 Å². The van der Waals surface area contributed by atoms with Gasteiger partial charge in [-0.3, -0.25) is 4.79 Å². The molecule has 3 rings (SSSR count). The predicted octanol–water partition coefficient (Wildman–Crippen LogP) is 1.88. The molecule has 1 N–H and O–H groups in total. The minimum atomic E-state index is -0.726. The molecule has 0 fully saturated rings. The molecule has 108 valence electrons. The van der Waals surface area contributed by atoms with Crippen LogP contribution in [0.4, 0.5) is 0 Å². The minimum Gasteiger partial charge on any atom is -0.485 e. The lowest BCUT2D eigenvalue weighted by atomic mass is 10.2. The van der Waals surface area contributed by atoms with Gasteiger partial charge in [0.2, 0.25) is 6.10 Å². The number of para-hydroxylation sites is 2. The number of fused-ring (bicyclic) bond motifs is 1. The van der Waals surface area contributed by atoms with Gasteiger partial charge < -0.3 is 13.9 Å². The molecule has 0 radical (unpaired) electrons. The van der Waals surface area contributed by atoms with Gasteiger partial charge in [-0.15, -0.1) is 0 Å². The molecular weight excluding hydrogens is 272 g/mol. The molecule has 6 heteroatoms. The van der Waals surface area contributed by atoms with Crippen molar-refractivity contribution >= 4 is 12.1 Å². The standard InChI is InChI=1S/C15H14N2O4/c1-10-6-7-11(20-10)8-16-17-15(18)14-9-19-12-4-2-3-5-13(12)21-14/h2-8,14H,9H2,1H3,(H,17,18)/b16-8+/t14-/m1/s1. The Morgan fingerprint density at radius 2 is 2.10 bits per heavy atom. The van der Waals surface area contributed by atoms with Gasteiger partial charge in [-0.25, -0.2) is 5.43 Å². The summed E-state index contributed by atoms with van der Waals surface area (Å²) in [6.07, 6.45) is 0.707. The molecule has 2 heterocycles. The molecule has 1 aromatic carbocycles. The zero-order chi connectivity index (χ0) is 14.7. The Morgan fingerprint density at radius 3 is 2.86 bits per heavy atom. The first-order valence-electron chi connectivity index (χ1n) is 6.50. The first-order valence-corrected chi connectivity index (χ1v) is 6.50. The molecule has 0 bridgehead atoms. The third kappa shape index (κ3) is 3.05. The van der Waals surface area contributed by atoms with Crippen LogP contribution < -0.4 is 14.9 Å². The molecule has 0 aliphatic carbocycles. The number of carbonyl (C=O) groups is 1. The maximum Gasteiger partial charge on any atom is 0.284 e. The quantitative estimate of drug-likeness (QED) is 0.690. The fourth-order valence-corrected chi connectivity index (χ4v) is 1.90. The highest BCUT2D eigenvalue weighted by Crippen LogP contribution is 2.30. The average Bonchev–Trinajstić information content (AvgIpc) is 2.92. The first kappa shape index (κ1) is 13.2. The van der Waals surface area contributed by atoms with Crippen molar-refractivity contribution in [1.82, 2.24) is 5.43 Å². The van der Waals surface area contributed by atoms with Crippen molar-refractivity contribution in [3.05, 3.63) is 47.9 Å². The lowest BCUT2D eigenvalue weighted by Crippen LogP contribution is -2.42. The molecule has 6 nitrogen and oxygen atoms in total. The highest BCUT2D eigenvalue weighted by atomic mass is 16.6. The van der Waals surface area contributed by atoms with Crippen molar-refractivity contribution in [3.8, 4) is 11.5 Å². The molecule has 1 atom stereocenters. The number of hydrogen-bond acceptors (Lipinski definition) is 5. The Hall–Kier alpha value is -2.76. The van der Waals surface area contributed by atoms with Crippen LogP contribution in [0, 0.1) is 6.92 Å². The van der Waals surface area contributed by atoms with Gasteiger partial charge >= 0.3 is 0 Å².